The van der Waals surface area contributed by atoms with Crippen LogP contribution in [-0.4, -0.2) is 50.3 Å². The first-order valence-corrected chi connectivity index (χ1v) is 9.56. The number of esters is 2. The van der Waals surface area contributed by atoms with Gasteiger partial charge in [-0.05, 0) is 26.0 Å². The van der Waals surface area contributed by atoms with Crippen LogP contribution < -0.4 is 0 Å². The summed E-state index contributed by atoms with van der Waals surface area (Å²) in [6.45, 7) is 3.40. The van der Waals surface area contributed by atoms with Gasteiger partial charge in [-0.15, -0.1) is 0 Å². The zero-order chi connectivity index (χ0) is 20.4. The molecular formula is C18H21NO7S. The average Bonchev–Trinajstić information content (AvgIpc) is 2.94. The number of aryl methyl sites for hydroxylation is 1. The lowest BCUT2D eigenvalue weighted by Gasteiger charge is -2.35. The first-order valence-electron chi connectivity index (χ1n) is 8.12. The van der Waals surface area contributed by atoms with Gasteiger partial charge in [-0.3, -0.25) is 4.79 Å². The van der Waals surface area contributed by atoms with Crippen LogP contribution in [0.5, 0.6) is 0 Å². The number of sulfonamides is 1. The average molecular weight is 395 g/mol. The van der Waals surface area contributed by atoms with E-state index in [1.54, 1.807) is 26.0 Å². The standard InChI is InChI=1S/C18H21NO7S/c1-5-6-13-11-15(20)19(18(13,16(21)25-3)17(22)26-4)27(23,24)14-9-7-12(2)8-10-14/h5-10,13H,11H2,1-4H3/b6-5+/t13-/m0/s1. The lowest BCUT2D eigenvalue weighted by atomic mass is 9.85. The van der Waals surface area contributed by atoms with Gasteiger partial charge in [0.1, 0.15) is 0 Å². The van der Waals surface area contributed by atoms with Gasteiger partial charge in [0.15, 0.2) is 0 Å². The third kappa shape index (κ3) is 3.12. The molecule has 1 aromatic rings. The number of hydrogen-bond donors (Lipinski definition) is 0. The fraction of sp³-hybridized carbons (Fsp3) is 0.389. The highest BCUT2D eigenvalue weighted by Gasteiger charge is 2.68. The van der Waals surface area contributed by atoms with Crippen molar-refractivity contribution in [1.29, 1.82) is 0 Å². The van der Waals surface area contributed by atoms with E-state index in [1.807, 2.05) is 0 Å². The highest BCUT2D eigenvalue weighted by atomic mass is 32.2. The number of nitrogens with zero attached hydrogens (tertiary/aromatic N) is 1. The number of allylic oxidation sites excluding steroid dienone is 1. The molecule has 1 aliphatic heterocycles. The number of carbonyl (C=O) groups is 3. The van der Waals surface area contributed by atoms with Crippen LogP contribution in [0.15, 0.2) is 41.3 Å². The normalized spacial score (nSPS) is 19.3. The fourth-order valence-electron chi connectivity index (χ4n) is 3.21. The van der Waals surface area contributed by atoms with E-state index in [4.69, 9.17) is 9.47 Å². The number of benzene rings is 1. The van der Waals surface area contributed by atoms with E-state index in [2.05, 4.69) is 0 Å². The molecule has 0 radical (unpaired) electrons. The van der Waals surface area contributed by atoms with Gasteiger partial charge >= 0.3 is 11.9 Å². The van der Waals surface area contributed by atoms with Crippen molar-refractivity contribution in [3.05, 3.63) is 42.0 Å². The summed E-state index contributed by atoms with van der Waals surface area (Å²) in [4.78, 5) is 37.9. The van der Waals surface area contributed by atoms with Crippen LogP contribution in [0, 0.1) is 12.8 Å². The van der Waals surface area contributed by atoms with Gasteiger partial charge in [0.25, 0.3) is 15.6 Å². The maximum absolute atomic E-state index is 13.2. The van der Waals surface area contributed by atoms with Crippen molar-refractivity contribution in [3.63, 3.8) is 0 Å². The van der Waals surface area contributed by atoms with E-state index in [1.165, 1.54) is 24.3 Å². The lowest BCUT2D eigenvalue weighted by molar-refractivity contribution is -0.169. The summed E-state index contributed by atoms with van der Waals surface area (Å²) < 4.78 is 36.2. The van der Waals surface area contributed by atoms with Crippen LogP contribution in [0.1, 0.15) is 18.9 Å². The Hall–Kier alpha value is -2.68. The summed E-state index contributed by atoms with van der Waals surface area (Å²) in [5.41, 5.74) is -1.66. The molecule has 1 aliphatic rings. The van der Waals surface area contributed by atoms with Gasteiger partial charge in [0.05, 0.1) is 19.1 Å². The molecule has 27 heavy (non-hydrogen) atoms. The molecule has 1 atom stereocenters. The molecule has 0 aliphatic carbocycles. The Balaban J connectivity index is 2.80. The van der Waals surface area contributed by atoms with Crippen LogP contribution in [0.3, 0.4) is 0 Å². The molecule has 0 unspecified atom stereocenters. The minimum atomic E-state index is -4.53. The van der Waals surface area contributed by atoms with Gasteiger partial charge < -0.3 is 9.47 Å². The SMILES string of the molecule is C/C=C/[C@H]1CC(=O)N(S(=O)(=O)c2ccc(C)cc2)C1(C(=O)OC)C(=O)OC. The topological polar surface area (TPSA) is 107 Å². The highest BCUT2D eigenvalue weighted by Crippen LogP contribution is 2.43. The number of carbonyl (C=O) groups excluding carboxylic acids is 3. The molecule has 1 aromatic carbocycles. The molecule has 0 aromatic heterocycles. The summed E-state index contributed by atoms with van der Waals surface area (Å²) in [5.74, 6) is -4.32. The van der Waals surface area contributed by atoms with Crippen LogP contribution in [0.4, 0.5) is 0 Å². The van der Waals surface area contributed by atoms with Crippen molar-refractivity contribution in [2.75, 3.05) is 14.2 Å². The van der Waals surface area contributed by atoms with Crippen molar-refractivity contribution < 1.29 is 32.3 Å². The first kappa shape index (κ1) is 20.6. The van der Waals surface area contributed by atoms with Gasteiger partial charge in [-0.2, -0.15) is 0 Å². The van der Waals surface area contributed by atoms with Crippen LogP contribution in [-0.2, 0) is 33.9 Å². The number of ether oxygens (including phenoxy) is 2. The van der Waals surface area contributed by atoms with Gasteiger partial charge in [-0.1, -0.05) is 29.8 Å². The van der Waals surface area contributed by atoms with Crippen molar-refractivity contribution in [1.82, 2.24) is 4.31 Å². The highest BCUT2D eigenvalue weighted by molar-refractivity contribution is 7.89. The van der Waals surface area contributed by atoms with Crippen LogP contribution in [0.25, 0.3) is 0 Å². The summed E-state index contributed by atoms with van der Waals surface area (Å²) >= 11 is 0. The Kier molecular flexibility index (Phi) is 5.74. The molecule has 8 nitrogen and oxygen atoms in total. The maximum atomic E-state index is 13.2. The Bertz CT molecular complexity index is 871. The van der Waals surface area contributed by atoms with Crippen molar-refractivity contribution in [2.45, 2.75) is 30.7 Å². The third-order valence-electron chi connectivity index (χ3n) is 4.46. The molecule has 2 rings (SSSR count). The summed E-state index contributed by atoms with van der Waals surface area (Å²) in [6.07, 6.45) is 2.59. The molecular weight excluding hydrogens is 374 g/mol. The third-order valence-corrected chi connectivity index (χ3v) is 6.30. The monoisotopic (exact) mass is 395 g/mol. The van der Waals surface area contributed by atoms with Crippen LogP contribution >= 0.6 is 0 Å². The lowest BCUT2D eigenvalue weighted by Crippen LogP contribution is -2.63. The summed E-state index contributed by atoms with van der Waals surface area (Å²) in [7, 11) is -2.50. The number of methoxy groups -OCH3 is 2. The molecule has 0 bridgehead atoms. The summed E-state index contributed by atoms with van der Waals surface area (Å²) in [6, 6.07) is 5.71. The second-order valence-corrected chi connectivity index (χ2v) is 7.85. The van der Waals surface area contributed by atoms with Crippen molar-refractivity contribution in [2.24, 2.45) is 5.92 Å². The Morgan fingerprint density at radius 3 is 2.11 bits per heavy atom. The zero-order valence-electron chi connectivity index (χ0n) is 15.5. The van der Waals surface area contributed by atoms with E-state index in [0.29, 0.717) is 4.31 Å². The summed E-state index contributed by atoms with van der Waals surface area (Å²) in [5, 5.41) is 0. The molecule has 0 saturated carbocycles. The predicted octanol–water partition coefficient (Wildman–Crippen LogP) is 1.19. The molecule has 0 N–H and O–H groups in total. The van der Waals surface area contributed by atoms with Gasteiger partial charge in [0, 0.05) is 12.3 Å². The minimum Gasteiger partial charge on any atom is -0.467 e. The van der Waals surface area contributed by atoms with E-state index >= 15 is 0 Å². The van der Waals surface area contributed by atoms with Crippen molar-refractivity contribution >= 4 is 27.9 Å². The quantitative estimate of drug-likeness (QED) is 0.419. The Morgan fingerprint density at radius 1 is 1.15 bits per heavy atom. The zero-order valence-corrected chi connectivity index (χ0v) is 16.3. The van der Waals surface area contributed by atoms with Gasteiger partial charge in [-0.25, -0.2) is 22.3 Å². The first-order chi connectivity index (χ1) is 12.7. The Morgan fingerprint density at radius 2 is 1.67 bits per heavy atom. The molecule has 1 heterocycles. The molecule has 9 heteroatoms. The molecule has 1 saturated heterocycles. The van der Waals surface area contributed by atoms with E-state index in [9.17, 15) is 22.8 Å². The molecule has 1 amide bonds. The second kappa shape index (κ2) is 7.51. The van der Waals surface area contributed by atoms with E-state index in [-0.39, 0.29) is 11.3 Å². The van der Waals surface area contributed by atoms with Gasteiger partial charge in [0.2, 0.25) is 5.91 Å². The fourth-order valence-corrected chi connectivity index (χ4v) is 4.91. The van der Waals surface area contributed by atoms with E-state index < -0.39 is 39.3 Å². The van der Waals surface area contributed by atoms with E-state index in [0.717, 1.165) is 19.8 Å². The van der Waals surface area contributed by atoms with Crippen molar-refractivity contribution in [3.8, 4) is 0 Å². The second-order valence-electron chi connectivity index (χ2n) is 6.06. The number of hydrogen-bond acceptors (Lipinski definition) is 7. The smallest absolute Gasteiger partial charge is 0.345 e. The molecule has 1 fully saturated rings. The largest absolute Gasteiger partial charge is 0.467 e. The molecule has 0 spiro atoms. The maximum Gasteiger partial charge on any atom is 0.345 e. The number of amides is 1. The predicted molar refractivity (Wildman–Crippen MR) is 94.9 cm³/mol. The minimum absolute atomic E-state index is 0.222. The molecule has 146 valence electrons. The number of rotatable bonds is 5. The Labute approximate surface area is 157 Å². The van der Waals surface area contributed by atoms with Crippen LogP contribution in [0.2, 0.25) is 0 Å².